The smallest absolute Gasteiger partial charge is 0.307 e. The SMILES string of the molecule is CC(C(=O)O)C1SC(=NN=CC=Cc2ccccc2)NC1=O. The van der Waals surface area contributed by atoms with Crippen LogP contribution in [-0.2, 0) is 9.59 Å². The average Bonchev–Trinajstić information content (AvgIpc) is 2.88. The highest BCUT2D eigenvalue weighted by Crippen LogP contribution is 2.26. The normalized spacial score (nSPS) is 21.6. The van der Waals surface area contributed by atoms with Crippen LogP contribution in [0.1, 0.15) is 12.5 Å². The summed E-state index contributed by atoms with van der Waals surface area (Å²) in [6.45, 7) is 1.49. The van der Waals surface area contributed by atoms with Crippen molar-refractivity contribution in [1.82, 2.24) is 5.32 Å². The molecule has 2 atom stereocenters. The molecular formula is C15H15N3O3S. The number of benzene rings is 1. The van der Waals surface area contributed by atoms with Crippen LogP contribution in [-0.4, -0.2) is 33.6 Å². The predicted octanol–water partition coefficient (Wildman–Crippen LogP) is 1.99. The van der Waals surface area contributed by atoms with Gasteiger partial charge in [-0.3, -0.25) is 9.59 Å². The Hall–Kier alpha value is -2.41. The van der Waals surface area contributed by atoms with E-state index in [-0.39, 0.29) is 5.91 Å². The fourth-order valence-corrected chi connectivity index (χ4v) is 2.71. The standard InChI is InChI=1S/C15H15N3O3S/c1-10(14(20)21)12-13(19)17-15(22-12)18-16-9-5-8-11-6-3-2-4-7-11/h2-10,12H,1H3,(H,20,21)(H,17,18,19). The summed E-state index contributed by atoms with van der Waals surface area (Å²) in [5, 5.41) is 18.8. The third kappa shape index (κ3) is 4.29. The minimum Gasteiger partial charge on any atom is -0.481 e. The van der Waals surface area contributed by atoms with Crippen molar-refractivity contribution < 1.29 is 14.7 Å². The molecule has 1 aromatic carbocycles. The van der Waals surface area contributed by atoms with Gasteiger partial charge in [0.2, 0.25) is 5.91 Å². The van der Waals surface area contributed by atoms with Crippen LogP contribution in [0.3, 0.4) is 0 Å². The lowest BCUT2D eigenvalue weighted by molar-refractivity contribution is -0.142. The van der Waals surface area contributed by atoms with E-state index in [0.29, 0.717) is 5.17 Å². The number of hydrogen-bond acceptors (Lipinski definition) is 5. The molecule has 0 saturated carbocycles. The van der Waals surface area contributed by atoms with Crippen molar-refractivity contribution in [3.8, 4) is 0 Å². The highest BCUT2D eigenvalue weighted by molar-refractivity contribution is 8.15. The Morgan fingerprint density at radius 3 is 2.82 bits per heavy atom. The zero-order chi connectivity index (χ0) is 15.9. The summed E-state index contributed by atoms with van der Waals surface area (Å²) in [4.78, 5) is 22.6. The number of nitrogens with one attached hydrogen (secondary N) is 1. The zero-order valence-corrected chi connectivity index (χ0v) is 12.7. The van der Waals surface area contributed by atoms with Crippen LogP contribution >= 0.6 is 11.8 Å². The number of carboxylic acid groups (broad SMARTS) is 1. The van der Waals surface area contributed by atoms with Crippen molar-refractivity contribution >= 4 is 41.1 Å². The lowest BCUT2D eigenvalue weighted by atomic mass is 10.1. The summed E-state index contributed by atoms with van der Waals surface area (Å²) in [5.41, 5.74) is 1.04. The number of carboxylic acids is 1. The molecule has 1 aliphatic rings. The summed E-state index contributed by atoms with van der Waals surface area (Å²) in [7, 11) is 0. The number of aliphatic carboxylic acids is 1. The first kappa shape index (κ1) is 16.0. The number of carbonyl (C=O) groups excluding carboxylic acids is 1. The molecule has 2 rings (SSSR count). The Kier molecular flexibility index (Phi) is 5.48. The van der Waals surface area contributed by atoms with Crippen molar-refractivity contribution in [2.45, 2.75) is 12.2 Å². The summed E-state index contributed by atoms with van der Waals surface area (Å²) in [5.74, 6) is -2.14. The van der Waals surface area contributed by atoms with Gasteiger partial charge in [0.1, 0.15) is 5.25 Å². The molecule has 1 aliphatic heterocycles. The van der Waals surface area contributed by atoms with Crippen LogP contribution in [0.15, 0.2) is 46.6 Å². The quantitative estimate of drug-likeness (QED) is 0.642. The number of amides is 1. The molecule has 1 saturated heterocycles. The summed E-state index contributed by atoms with van der Waals surface area (Å²) < 4.78 is 0. The maximum Gasteiger partial charge on any atom is 0.307 e. The van der Waals surface area contributed by atoms with Crippen LogP contribution in [0, 0.1) is 5.92 Å². The number of allylic oxidation sites excluding steroid dienone is 1. The van der Waals surface area contributed by atoms with Crippen LogP contribution in [0.4, 0.5) is 0 Å². The van der Waals surface area contributed by atoms with Crippen molar-refractivity contribution in [1.29, 1.82) is 0 Å². The van der Waals surface area contributed by atoms with Crippen LogP contribution in [0.5, 0.6) is 0 Å². The molecule has 0 aromatic heterocycles. The predicted molar refractivity (Wildman–Crippen MR) is 87.7 cm³/mol. The van der Waals surface area contributed by atoms with Gasteiger partial charge in [0, 0.05) is 6.21 Å². The fraction of sp³-hybridized carbons (Fsp3) is 0.200. The van der Waals surface area contributed by atoms with E-state index in [4.69, 9.17) is 5.11 Å². The monoisotopic (exact) mass is 317 g/mol. The van der Waals surface area contributed by atoms with Gasteiger partial charge in [-0.25, -0.2) is 0 Å². The highest BCUT2D eigenvalue weighted by Gasteiger charge is 2.38. The van der Waals surface area contributed by atoms with Crippen molar-refractivity contribution in [2.24, 2.45) is 16.1 Å². The molecule has 0 aliphatic carbocycles. The van der Waals surface area contributed by atoms with Crippen LogP contribution in [0.2, 0.25) is 0 Å². The van der Waals surface area contributed by atoms with Crippen LogP contribution in [0.25, 0.3) is 6.08 Å². The number of nitrogens with zero attached hydrogens (tertiary/aromatic N) is 2. The van der Waals surface area contributed by atoms with Crippen molar-refractivity contribution in [3.63, 3.8) is 0 Å². The molecule has 114 valence electrons. The van der Waals surface area contributed by atoms with Crippen molar-refractivity contribution in [2.75, 3.05) is 0 Å². The third-order valence-electron chi connectivity index (χ3n) is 2.96. The number of hydrogen-bond donors (Lipinski definition) is 2. The van der Waals surface area contributed by atoms with E-state index >= 15 is 0 Å². The molecular weight excluding hydrogens is 302 g/mol. The van der Waals surface area contributed by atoms with Gasteiger partial charge in [0.05, 0.1) is 5.92 Å². The Bertz CT molecular complexity index is 641. The maximum atomic E-state index is 11.7. The maximum absolute atomic E-state index is 11.7. The molecule has 22 heavy (non-hydrogen) atoms. The van der Waals surface area contributed by atoms with Gasteiger partial charge in [0.25, 0.3) is 0 Å². The molecule has 2 unspecified atom stereocenters. The lowest BCUT2D eigenvalue weighted by Gasteiger charge is -2.08. The molecule has 1 amide bonds. The van der Waals surface area contributed by atoms with Gasteiger partial charge in [-0.1, -0.05) is 55.1 Å². The molecule has 1 aromatic rings. The second-order valence-electron chi connectivity index (χ2n) is 4.59. The van der Waals surface area contributed by atoms with Gasteiger partial charge < -0.3 is 10.4 Å². The van der Waals surface area contributed by atoms with E-state index in [0.717, 1.165) is 17.3 Å². The number of thioether (sulfide) groups is 1. The molecule has 0 radical (unpaired) electrons. The first-order chi connectivity index (χ1) is 10.6. The minimum atomic E-state index is -1.01. The summed E-state index contributed by atoms with van der Waals surface area (Å²) >= 11 is 1.08. The highest BCUT2D eigenvalue weighted by atomic mass is 32.2. The Morgan fingerprint density at radius 2 is 2.14 bits per heavy atom. The molecule has 7 heteroatoms. The number of carbonyl (C=O) groups is 2. The van der Waals surface area contributed by atoms with E-state index in [9.17, 15) is 9.59 Å². The second kappa shape index (κ2) is 7.56. The molecule has 1 heterocycles. The van der Waals surface area contributed by atoms with E-state index in [1.54, 1.807) is 6.08 Å². The minimum absolute atomic E-state index is 0.312. The van der Waals surface area contributed by atoms with Gasteiger partial charge in [0.15, 0.2) is 5.17 Å². The first-order valence-corrected chi connectivity index (χ1v) is 7.49. The van der Waals surface area contributed by atoms with E-state index < -0.39 is 17.1 Å². The molecule has 0 spiro atoms. The largest absolute Gasteiger partial charge is 0.481 e. The van der Waals surface area contributed by atoms with Crippen LogP contribution < -0.4 is 5.32 Å². The van der Waals surface area contributed by atoms with E-state index in [1.807, 2.05) is 36.4 Å². The summed E-state index contributed by atoms with van der Waals surface area (Å²) in [6.07, 6.45) is 5.11. The number of rotatable bonds is 5. The number of amidine groups is 1. The van der Waals surface area contributed by atoms with Gasteiger partial charge in [-0.15, -0.1) is 5.10 Å². The summed E-state index contributed by atoms with van der Waals surface area (Å²) in [6, 6.07) is 9.73. The van der Waals surface area contributed by atoms with Gasteiger partial charge in [-0.05, 0) is 11.6 Å². The molecule has 1 fully saturated rings. The lowest BCUT2D eigenvalue weighted by Crippen LogP contribution is -2.32. The van der Waals surface area contributed by atoms with Gasteiger partial charge in [-0.2, -0.15) is 5.10 Å². The Labute approximate surface area is 132 Å². The average molecular weight is 317 g/mol. The second-order valence-corrected chi connectivity index (χ2v) is 5.72. The third-order valence-corrected chi connectivity index (χ3v) is 4.24. The van der Waals surface area contributed by atoms with E-state index in [2.05, 4.69) is 15.5 Å². The molecule has 0 bridgehead atoms. The van der Waals surface area contributed by atoms with Gasteiger partial charge >= 0.3 is 5.97 Å². The fourth-order valence-electron chi connectivity index (χ4n) is 1.73. The Balaban J connectivity index is 1.92. The van der Waals surface area contributed by atoms with E-state index in [1.165, 1.54) is 13.1 Å². The molecule has 6 nitrogen and oxygen atoms in total. The Morgan fingerprint density at radius 1 is 1.41 bits per heavy atom. The van der Waals surface area contributed by atoms with Crippen molar-refractivity contribution in [3.05, 3.63) is 42.0 Å². The zero-order valence-electron chi connectivity index (χ0n) is 11.8. The molecule has 2 N–H and O–H groups in total. The first-order valence-electron chi connectivity index (χ1n) is 6.61. The topological polar surface area (TPSA) is 91.1 Å².